The van der Waals surface area contributed by atoms with Crippen molar-refractivity contribution in [1.82, 2.24) is 9.88 Å². The predicted octanol–water partition coefficient (Wildman–Crippen LogP) is 4.64. The summed E-state index contributed by atoms with van der Waals surface area (Å²) >= 11 is 4.75. The summed E-state index contributed by atoms with van der Waals surface area (Å²) in [5.74, 6) is -0.519. The van der Waals surface area contributed by atoms with Gasteiger partial charge in [-0.2, -0.15) is 0 Å². The van der Waals surface area contributed by atoms with Crippen LogP contribution in [0.1, 0.15) is 15.9 Å². The van der Waals surface area contributed by atoms with E-state index in [1.165, 1.54) is 16.2 Å². The summed E-state index contributed by atoms with van der Waals surface area (Å²) in [6.45, 7) is 3.85. The van der Waals surface area contributed by atoms with Crippen LogP contribution < -0.4 is 5.32 Å². The molecule has 0 radical (unpaired) electrons. The Morgan fingerprint density at radius 3 is 2.56 bits per heavy atom. The van der Waals surface area contributed by atoms with Crippen LogP contribution in [-0.2, 0) is 4.79 Å². The number of rotatable bonds is 4. The first-order valence-corrected chi connectivity index (χ1v) is 9.81. The monoisotopic (exact) mass is 439 g/mol. The lowest BCUT2D eigenvalue weighted by atomic mass is 10.1. The zero-order valence-corrected chi connectivity index (χ0v) is 16.5. The van der Waals surface area contributed by atoms with Crippen LogP contribution in [0.5, 0.6) is 0 Å². The van der Waals surface area contributed by atoms with E-state index < -0.39 is 0 Å². The SMILES string of the molecule is C=C1c2ccccc2C(=O)N1CC(=O)Nc1nc(-c2ccc(Br)cc2)cs1. The second-order valence-electron chi connectivity index (χ2n) is 5.98. The number of nitrogens with one attached hydrogen (secondary N) is 1. The molecule has 0 fully saturated rings. The number of fused-ring (bicyclic) bond motifs is 1. The van der Waals surface area contributed by atoms with Crippen molar-refractivity contribution in [1.29, 1.82) is 0 Å². The van der Waals surface area contributed by atoms with Gasteiger partial charge in [0.2, 0.25) is 5.91 Å². The van der Waals surface area contributed by atoms with Crippen molar-refractivity contribution in [3.63, 3.8) is 0 Å². The summed E-state index contributed by atoms with van der Waals surface area (Å²) in [5.41, 5.74) is 3.63. The second kappa shape index (κ2) is 7.09. The van der Waals surface area contributed by atoms with Gasteiger partial charge in [-0.3, -0.25) is 14.5 Å². The molecule has 0 saturated heterocycles. The molecule has 1 N–H and O–H groups in total. The van der Waals surface area contributed by atoms with Crippen LogP contribution >= 0.6 is 27.3 Å². The standard InChI is InChI=1S/C20H14BrN3O2S/c1-12-15-4-2-3-5-16(15)19(26)24(12)10-18(25)23-20-22-17(11-27-20)13-6-8-14(21)9-7-13/h2-9,11H,1,10H2,(H,22,23,25). The maximum absolute atomic E-state index is 12.5. The lowest BCUT2D eigenvalue weighted by molar-refractivity contribution is -0.116. The Labute approximate surface area is 168 Å². The number of carbonyl (C=O) groups excluding carboxylic acids is 2. The molecule has 3 aromatic rings. The van der Waals surface area contributed by atoms with E-state index in [2.05, 4.69) is 32.8 Å². The Balaban J connectivity index is 1.44. The van der Waals surface area contributed by atoms with Crippen molar-refractivity contribution in [3.05, 3.63) is 76.1 Å². The minimum atomic E-state index is -0.311. The minimum absolute atomic E-state index is 0.0977. The van der Waals surface area contributed by atoms with E-state index in [1.54, 1.807) is 12.1 Å². The highest BCUT2D eigenvalue weighted by atomic mass is 79.9. The molecule has 2 heterocycles. The Bertz CT molecular complexity index is 1020. The van der Waals surface area contributed by atoms with Gasteiger partial charge >= 0.3 is 0 Å². The molecule has 134 valence electrons. The minimum Gasteiger partial charge on any atom is -0.300 e. The van der Waals surface area contributed by atoms with Crippen LogP contribution in [0, 0.1) is 0 Å². The third kappa shape index (κ3) is 3.43. The molecule has 0 aliphatic carbocycles. The van der Waals surface area contributed by atoms with Gasteiger partial charge in [-0.15, -0.1) is 11.3 Å². The number of halogens is 1. The van der Waals surface area contributed by atoms with Crippen LogP contribution in [0.15, 0.2) is 65.0 Å². The van der Waals surface area contributed by atoms with E-state index >= 15 is 0 Å². The molecule has 0 unspecified atom stereocenters. The Morgan fingerprint density at radius 2 is 1.85 bits per heavy atom. The molecule has 0 atom stereocenters. The average molecular weight is 440 g/mol. The first-order chi connectivity index (χ1) is 13.0. The van der Waals surface area contributed by atoms with Crippen molar-refractivity contribution < 1.29 is 9.59 Å². The van der Waals surface area contributed by atoms with Crippen molar-refractivity contribution in [2.45, 2.75) is 0 Å². The van der Waals surface area contributed by atoms with Crippen molar-refractivity contribution >= 4 is 49.9 Å². The number of nitrogens with zero attached hydrogens (tertiary/aromatic N) is 2. The molecule has 0 saturated carbocycles. The predicted molar refractivity (Wildman–Crippen MR) is 110 cm³/mol. The molecule has 0 spiro atoms. The maximum atomic E-state index is 12.5. The molecular weight excluding hydrogens is 426 g/mol. The summed E-state index contributed by atoms with van der Waals surface area (Å²) in [4.78, 5) is 30.7. The summed E-state index contributed by atoms with van der Waals surface area (Å²) in [5, 5.41) is 5.14. The molecule has 1 aliphatic rings. The van der Waals surface area contributed by atoms with Gasteiger partial charge < -0.3 is 5.32 Å². The molecular formula is C20H14BrN3O2S. The van der Waals surface area contributed by atoms with Gasteiger partial charge in [0.15, 0.2) is 5.13 Å². The average Bonchev–Trinajstić information content (AvgIpc) is 3.22. The fourth-order valence-corrected chi connectivity index (χ4v) is 3.89. The van der Waals surface area contributed by atoms with Gasteiger partial charge in [0.1, 0.15) is 6.54 Å². The quantitative estimate of drug-likeness (QED) is 0.643. The number of hydrogen-bond donors (Lipinski definition) is 1. The highest BCUT2D eigenvalue weighted by Gasteiger charge is 2.31. The topological polar surface area (TPSA) is 62.3 Å². The van der Waals surface area contributed by atoms with Gasteiger partial charge in [0.25, 0.3) is 5.91 Å². The Kier molecular flexibility index (Phi) is 4.63. The molecule has 4 rings (SSSR count). The highest BCUT2D eigenvalue weighted by molar-refractivity contribution is 9.10. The number of amides is 2. The molecule has 2 aromatic carbocycles. The highest BCUT2D eigenvalue weighted by Crippen LogP contribution is 2.31. The van der Waals surface area contributed by atoms with Gasteiger partial charge in [-0.05, 0) is 18.2 Å². The van der Waals surface area contributed by atoms with Crippen molar-refractivity contribution in [2.24, 2.45) is 0 Å². The van der Waals surface area contributed by atoms with Crippen molar-refractivity contribution in [2.75, 3.05) is 11.9 Å². The first-order valence-electron chi connectivity index (χ1n) is 8.14. The molecule has 7 heteroatoms. The summed E-state index contributed by atoms with van der Waals surface area (Å²) in [6, 6.07) is 15.0. The normalized spacial score (nSPS) is 13.0. The Hall–Kier alpha value is -2.77. The van der Waals surface area contributed by atoms with E-state index in [0.717, 1.165) is 21.3 Å². The van der Waals surface area contributed by atoms with E-state index in [1.807, 2.05) is 41.8 Å². The van der Waals surface area contributed by atoms with Crippen LogP contribution in [-0.4, -0.2) is 28.2 Å². The fraction of sp³-hybridized carbons (Fsp3) is 0.0500. The lowest BCUT2D eigenvalue weighted by Crippen LogP contribution is -2.32. The number of aromatic nitrogens is 1. The van der Waals surface area contributed by atoms with Gasteiger partial charge in [0.05, 0.1) is 5.69 Å². The number of anilines is 1. The van der Waals surface area contributed by atoms with Gasteiger partial charge in [-0.1, -0.05) is 52.8 Å². The Morgan fingerprint density at radius 1 is 1.15 bits per heavy atom. The molecule has 2 amide bonds. The second-order valence-corrected chi connectivity index (χ2v) is 7.75. The fourth-order valence-electron chi connectivity index (χ4n) is 2.89. The number of benzene rings is 2. The smallest absolute Gasteiger partial charge is 0.259 e. The van der Waals surface area contributed by atoms with Crippen molar-refractivity contribution in [3.8, 4) is 11.3 Å². The summed E-state index contributed by atoms with van der Waals surface area (Å²) in [6.07, 6.45) is 0. The molecule has 1 aliphatic heterocycles. The van der Waals surface area contributed by atoms with Gasteiger partial charge in [0, 0.05) is 32.2 Å². The zero-order chi connectivity index (χ0) is 19.0. The van der Waals surface area contributed by atoms with E-state index in [4.69, 9.17) is 0 Å². The third-order valence-electron chi connectivity index (χ3n) is 4.23. The maximum Gasteiger partial charge on any atom is 0.259 e. The van der Waals surface area contributed by atoms with Crippen LogP contribution in [0.3, 0.4) is 0 Å². The zero-order valence-electron chi connectivity index (χ0n) is 14.1. The number of hydrogen-bond acceptors (Lipinski definition) is 4. The molecule has 1 aromatic heterocycles. The number of carbonyl (C=O) groups is 2. The third-order valence-corrected chi connectivity index (χ3v) is 5.52. The molecule has 27 heavy (non-hydrogen) atoms. The first kappa shape index (κ1) is 17.6. The molecule has 5 nitrogen and oxygen atoms in total. The van der Waals surface area contributed by atoms with Crippen LogP contribution in [0.4, 0.5) is 5.13 Å². The van der Waals surface area contributed by atoms with E-state index in [-0.39, 0.29) is 18.4 Å². The summed E-state index contributed by atoms with van der Waals surface area (Å²) < 4.78 is 0.992. The van der Waals surface area contributed by atoms with Crippen LogP contribution in [0.2, 0.25) is 0 Å². The van der Waals surface area contributed by atoms with E-state index in [9.17, 15) is 9.59 Å². The van der Waals surface area contributed by atoms with Crippen LogP contribution in [0.25, 0.3) is 17.0 Å². The summed E-state index contributed by atoms with van der Waals surface area (Å²) in [7, 11) is 0. The van der Waals surface area contributed by atoms with Gasteiger partial charge in [-0.25, -0.2) is 4.98 Å². The molecule has 0 bridgehead atoms. The van der Waals surface area contributed by atoms with E-state index in [0.29, 0.717) is 16.4 Å². The lowest BCUT2D eigenvalue weighted by Gasteiger charge is -2.16. The number of thiazole rings is 1. The largest absolute Gasteiger partial charge is 0.300 e.